The van der Waals surface area contributed by atoms with Crippen molar-refractivity contribution in [2.45, 2.75) is 32.9 Å². The molecule has 1 atom stereocenters. The Hall–Kier alpha value is -3.02. The summed E-state index contributed by atoms with van der Waals surface area (Å²) in [4.78, 5) is 26.7. The molecule has 0 bridgehead atoms. The molecule has 0 spiro atoms. The number of hydrogen-bond acceptors (Lipinski definition) is 3. The summed E-state index contributed by atoms with van der Waals surface area (Å²) < 4.78 is 7.48. The van der Waals surface area contributed by atoms with Crippen molar-refractivity contribution in [1.29, 1.82) is 0 Å². The van der Waals surface area contributed by atoms with Crippen molar-refractivity contribution in [3.63, 3.8) is 0 Å². The van der Waals surface area contributed by atoms with Gasteiger partial charge in [-0.1, -0.05) is 6.07 Å². The molecule has 6 heteroatoms. The maximum absolute atomic E-state index is 12.8. The van der Waals surface area contributed by atoms with E-state index in [1.54, 1.807) is 17.2 Å². The van der Waals surface area contributed by atoms with Crippen LogP contribution in [0.5, 0.6) is 0 Å². The molecule has 4 rings (SSSR count). The molecule has 3 aromatic rings. The number of carbonyl (C=O) groups excluding carboxylic acids is 2. The van der Waals surface area contributed by atoms with E-state index in [0.29, 0.717) is 19.1 Å². The first-order valence-electron chi connectivity index (χ1n) is 9.23. The van der Waals surface area contributed by atoms with Gasteiger partial charge in [-0.15, -0.1) is 0 Å². The first-order chi connectivity index (χ1) is 13.0. The van der Waals surface area contributed by atoms with Crippen LogP contribution in [-0.4, -0.2) is 27.8 Å². The van der Waals surface area contributed by atoms with Gasteiger partial charge >= 0.3 is 0 Å². The number of hydrogen-bond donors (Lipinski definition) is 1. The van der Waals surface area contributed by atoms with Crippen LogP contribution in [0.4, 0.5) is 5.69 Å². The Morgan fingerprint density at radius 2 is 2.11 bits per heavy atom. The number of fused-ring (bicyclic) bond motifs is 1. The number of nitrogens with zero attached hydrogens (tertiary/aromatic N) is 2. The standard InChI is InChI=1S/C21H23N3O3/c1-14(2)24-9-8-17-18(6-3-7-19(17)24)22-21(26)15-11-20(25)23(12-15)13-16-5-4-10-27-16/h3-10,14-15H,11-13H2,1-2H3,(H,22,26)/t15-/m0/s1. The predicted molar refractivity (Wildman–Crippen MR) is 103 cm³/mol. The molecule has 27 heavy (non-hydrogen) atoms. The number of likely N-dealkylation sites (tertiary alicyclic amines) is 1. The average Bonchev–Trinajstić information content (AvgIpc) is 3.36. The van der Waals surface area contributed by atoms with Crippen molar-refractivity contribution in [2.24, 2.45) is 5.92 Å². The predicted octanol–water partition coefficient (Wildman–Crippen LogP) is 3.80. The molecule has 2 amide bonds. The maximum Gasteiger partial charge on any atom is 0.229 e. The van der Waals surface area contributed by atoms with Crippen molar-refractivity contribution >= 4 is 28.4 Å². The van der Waals surface area contributed by atoms with Gasteiger partial charge in [-0.3, -0.25) is 9.59 Å². The van der Waals surface area contributed by atoms with Crippen LogP contribution in [-0.2, 0) is 16.1 Å². The summed E-state index contributed by atoms with van der Waals surface area (Å²) in [6.07, 6.45) is 3.86. The van der Waals surface area contributed by atoms with Crippen LogP contribution in [0.2, 0.25) is 0 Å². The quantitative estimate of drug-likeness (QED) is 0.748. The molecule has 140 valence electrons. The zero-order valence-electron chi connectivity index (χ0n) is 15.5. The Morgan fingerprint density at radius 3 is 2.85 bits per heavy atom. The van der Waals surface area contributed by atoms with Gasteiger partial charge in [-0.2, -0.15) is 0 Å². The van der Waals surface area contributed by atoms with Crippen LogP contribution in [0.3, 0.4) is 0 Å². The van der Waals surface area contributed by atoms with Gasteiger partial charge in [0.1, 0.15) is 5.76 Å². The van der Waals surface area contributed by atoms with Crippen LogP contribution in [0.25, 0.3) is 10.9 Å². The molecule has 1 saturated heterocycles. The number of amides is 2. The molecule has 6 nitrogen and oxygen atoms in total. The minimum absolute atomic E-state index is 0.0179. The Balaban J connectivity index is 1.48. The van der Waals surface area contributed by atoms with E-state index < -0.39 is 0 Å². The highest BCUT2D eigenvalue weighted by Crippen LogP contribution is 2.28. The summed E-state index contributed by atoms with van der Waals surface area (Å²) in [7, 11) is 0. The first kappa shape index (κ1) is 17.4. The second kappa shape index (κ2) is 6.95. The molecule has 1 aromatic carbocycles. The number of furan rings is 1. The SMILES string of the molecule is CC(C)n1ccc2c(NC(=O)[C@H]3CC(=O)N(Cc4ccco4)C3)cccc21. The second-order valence-corrected chi connectivity index (χ2v) is 7.30. The molecular weight excluding hydrogens is 342 g/mol. The summed E-state index contributed by atoms with van der Waals surface area (Å²) in [5, 5.41) is 4.03. The topological polar surface area (TPSA) is 67.5 Å². The van der Waals surface area contributed by atoms with E-state index in [0.717, 1.165) is 22.4 Å². The van der Waals surface area contributed by atoms with Gasteiger partial charge in [-0.25, -0.2) is 0 Å². The van der Waals surface area contributed by atoms with Crippen LogP contribution < -0.4 is 5.32 Å². The maximum atomic E-state index is 12.8. The average molecular weight is 365 g/mol. The number of nitrogens with one attached hydrogen (secondary N) is 1. The van der Waals surface area contributed by atoms with E-state index in [2.05, 4.69) is 29.8 Å². The van der Waals surface area contributed by atoms with E-state index in [9.17, 15) is 9.59 Å². The molecular formula is C21H23N3O3. The van der Waals surface area contributed by atoms with Crippen molar-refractivity contribution in [2.75, 3.05) is 11.9 Å². The molecule has 1 aliphatic rings. The van der Waals surface area contributed by atoms with Crippen LogP contribution in [0.1, 0.15) is 32.1 Å². The number of anilines is 1. The molecule has 0 unspecified atom stereocenters. The third-order valence-corrected chi connectivity index (χ3v) is 5.09. The van der Waals surface area contributed by atoms with E-state index in [1.807, 2.05) is 30.5 Å². The van der Waals surface area contributed by atoms with Crippen molar-refractivity contribution < 1.29 is 14.0 Å². The van der Waals surface area contributed by atoms with Crippen LogP contribution in [0.15, 0.2) is 53.3 Å². The summed E-state index contributed by atoms with van der Waals surface area (Å²) >= 11 is 0. The Kier molecular flexibility index (Phi) is 4.48. The molecule has 1 fully saturated rings. The highest BCUT2D eigenvalue weighted by Gasteiger charge is 2.34. The third kappa shape index (κ3) is 3.35. The minimum atomic E-state index is -0.352. The molecule has 1 N–H and O–H groups in total. The zero-order chi connectivity index (χ0) is 19.0. The van der Waals surface area contributed by atoms with Crippen molar-refractivity contribution in [3.05, 3.63) is 54.6 Å². The summed E-state index contributed by atoms with van der Waals surface area (Å²) in [5.41, 5.74) is 1.87. The van der Waals surface area contributed by atoms with Crippen molar-refractivity contribution in [3.8, 4) is 0 Å². The molecule has 3 heterocycles. The Labute approximate surface area is 157 Å². The molecule has 2 aromatic heterocycles. The lowest BCUT2D eigenvalue weighted by Gasteiger charge is -2.15. The zero-order valence-corrected chi connectivity index (χ0v) is 15.5. The van der Waals surface area contributed by atoms with E-state index in [-0.39, 0.29) is 24.2 Å². The van der Waals surface area contributed by atoms with Gasteiger partial charge in [0.05, 0.1) is 29.9 Å². The number of rotatable bonds is 5. The largest absolute Gasteiger partial charge is 0.467 e. The fourth-order valence-corrected chi connectivity index (χ4v) is 3.67. The van der Waals surface area contributed by atoms with Crippen LogP contribution >= 0.6 is 0 Å². The molecule has 0 saturated carbocycles. The summed E-state index contributed by atoms with van der Waals surface area (Å²) in [6.45, 7) is 5.07. The number of aromatic nitrogens is 1. The fraction of sp³-hybridized carbons (Fsp3) is 0.333. The highest BCUT2D eigenvalue weighted by atomic mass is 16.3. The number of benzene rings is 1. The Bertz CT molecular complexity index is 972. The van der Waals surface area contributed by atoms with Gasteiger partial charge in [0.15, 0.2) is 0 Å². The smallest absolute Gasteiger partial charge is 0.229 e. The normalized spacial score (nSPS) is 17.2. The van der Waals surface area contributed by atoms with Gasteiger partial charge in [0, 0.05) is 30.6 Å². The lowest BCUT2D eigenvalue weighted by Crippen LogP contribution is -2.27. The summed E-state index contributed by atoms with van der Waals surface area (Å²) in [6, 6.07) is 11.9. The monoisotopic (exact) mass is 365 g/mol. The Morgan fingerprint density at radius 1 is 1.26 bits per heavy atom. The van der Waals surface area contributed by atoms with Gasteiger partial charge in [-0.05, 0) is 44.2 Å². The lowest BCUT2D eigenvalue weighted by molar-refractivity contribution is -0.128. The van der Waals surface area contributed by atoms with E-state index >= 15 is 0 Å². The lowest BCUT2D eigenvalue weighted by atomic mass is 10.1. The van der Waals surface area contributed by atoms with Gasteiger partial charge < -0.3 is 19.2 Å². The van der Waals surface area contributed by atoms with E-state index in [1.165, 1.54) is 0 Å². The molecule has 0 radical (unpaired) electrons. The van der Waals surface area contributed by atoms with Gasteiger partial charge in [0.2, 0.25) is 11.8 Å². The molecule has 1 aliphatic heterocycles. The van der Waals surface area contributed by atoms with Crippen LogP contribution in [0, 0.1) is 5.92 Å². The number of carbonyl (C=O) groups is 2. The van der Waals surface area contributed by atoms with Crippen molar-refractivity contribution in [1.82, 2.24) is 9.47 Å². The second-order valence-electron chi connectivity index (χ2n) is 7.30. The highest BCUT2D eigenvalue weighted by molar-refractivity contribution is 6.04. The van der Waals surface area contributed by atoms with E-state index in [4.69, 9.17) is 4.42 Å². The molecule has 0 aliphatic carbocycles. The fourth-order valence-electron chi connectivity index (χ4n) is 3.67. The first-order valence-corrected chi connectivity index (χ1v) is 9.23. The third-order valence-electron chi connectivity index (χ3n) is 5.09. The summed E-state index contributed by atoms with van der Waals surface area (Å²) in [5.74, 6) is 0.241. The van der Waals surface area contributed by atoms with Gasteiger partial charge in [0.25, 0.3) is 0 Å². The minimum Gasteiger partial charge on any atom is -0.467 e.